The number of hydrogen-bond donors (Lipinski definition) is 3. The first-order chi connectivity index (χ1) is 25.2. The quantitative estimate of drug-likeness (QED) is 0.147. The highest BCUT2D eigenvalue weighted by Gasteiger charge is 2.24. The zero-order valence-corrected chi connectivity index (χ0v) is 31.1. The topological polar surface area (TPSA) is 89.9 Å². The Morgan fingerprint density at radius 3 is 1.44 bits per heavy atom. The van der Waals surface area contributed by atoms with Crippen molar-refractivity contribution in [1.29, 1.82) is 0 Å². The van der Waals surface area contributed by atoms with Gasteiger partial charge in [-0.2, -0.15) is 0 Å². The van der Waals surface area contributed by atoms with E-state index < -0.39 is 0 Å². The largest absolute Gasteiger partial charge is 0.384 e. The number of halogens is 3. The van der Waals surface area contributed by atoms with Gasteiger partial charge in [0.05, 0.1) is 11.4 Å². The number of aromatic amines is 2. The fraction of sp³-hybridized carbons (Fsp3) is 0.286. The maximum atomic E-state index is 13.4. The maximum Gasteiger partial charge on any atom is 0.123 e. The number of aromatic nitrogens is 4. The van der Waals surface area contributed by atoms with E-state index in [1.807, 2.05) is 48.5 Å². The summed E-state index contributed by atoms with van der Waals surface area (Å²) >= 11 is 3.46. The number of nitrogens with zero attached hydrogens (tertiary/aromatic N) is 4. The summed E-state index contributed by atoms with van der Waals surface area (Å²) in [6, 6.07) is 25.7. The number of nitrogens with one attached hydrogen (secondary N) is 2. The number of nitrogen functional groups attached to an aromatic ring is 1. The van der Waals surface area contributed by atoms with Gasteiger partial charge in [-0.3, -0.25) is 0 Å². The average molecular weight is 765 g/mol. The number of likely N-dealkylation sites (tertiary alicyclic amines) is 2. The molecule has 0 radical (unpaired) electrons. The molecule has 2 aliphatic rings. The minimum Gasteiger partial charge on any atom is -0.384 e. The van der Waals surface area contributed by atoms with Crippen molar-refractivity contribution >= 4 is 21.7 Å². The lowest BCUT2D eigenvalue weighted by atomic mass is 9.93. The van der Waals surface area contributed by atoms with Gasteiger partial charge in [0.15, 0.2) is 0 Å². The molecular formula is C42H44BrF2N7. The number of nitrogens with two attached hydrogens (primary N) is 1. The van der Waals surface area contributed by atoms with Gasteiger partial charge in [-0.25, -0.2) is 18.7 Å². The summed E-state index contributed by atoms with van der Waals surface area (Å²) in [6.45, 7) is 4.44. The van der Waals surface area contributed by atoms with E-state index >= 15 is 0 Å². The third-order valence-electron chi connectivity index (χ3n) is 10.4. The monoisotopic (exact) mass is 763 g/mol. The maximum absolute atomic E-state index is 13.4. The minimum atomic E-state index is -0.231. The predicted molar refractivity (Wildman–Crippen MR) is 210 cm³/mol. The lowest BCUT2D eigenvalue weighted by molar-refractivity contribution is 0.253. The number of piperidine rings is 2. The van der Waals surface area contributed by atoms with Crippen LogP contribution in [0.3, 0.4) is 0 Å². The zero-order valence-electron chi connectivity index (χ0n) is 29.5. The lowest BCUT2D eigenvalue weighted by Crippen LogP contribution is -2.29. The van der Waals surface area contributed by atoms with E-state index in [1.54, 1.807) is 12.4 Å². The van der Waals surface area contributed by atoms with Gasteiger partial charge in [0.1, 0.15) is 22.1 Å². The number of H-pyrrole nitrogens is 2. The molecule has 0 bridgehead atoms. The van der Waals surface area contributed by atoms with E-state index in [4.69, 9.17) is 5.73 Å². The van der Waals surface area contributed by atoms with Crippen LogP contribution in [-0.2, 0) is 0 Å². The van der Waals surface area contributed by atoms with Crippen molar-refractivity contribution in [3.63, 3.8) is 0 Å². The van der Waals surface area contributed by atoms with E-state index in [0.29, 0.717) is 17.7 Å². The molecule has 0 spiro atoms. The van der Waals surface area contributed by atoms with E-state index in [1.165, 1.54) is 35.7 Å². The molecule has 268 valence electrons. The van der Waals surface area contributed by atoms with Gasteiger partial charge in [0.2, 0.25) is 0 Å². The summed E-state index contributed by atoms with van der Waals surface area (Å²) in [7, 11) is 4.34. The first-order valence-corrected chi connectivity index (χ1v) is 18.7. The number of rotatable bonds is 6. The first kappa shape index (κ1) is 35.7. The average Bonchev–Trinajstić information content (AvgIpc) is 3.80. The molecule has 8 rings (SSSR count). The smallest absolute Gasteiger partial charge is 0.123 e. The first-order valence-electron chi connectivity index (χ1n) is 17.9. The van der Waals surface area contributed by atoms with Crippen LogP contribution in [0.25, 0.3) is 44.8 Å². The molecule has 7 nitrogen and oxygen atoms in total. The van der Waals surface area contributed by atoms with Crippen LogP contribution in [0.2, 0.25) is 0 Å². The van der Waals surface area contributed by atoms with Crippen LogP contribution in [0.4, 0.5) is 14.6 Å². The molecule has 6 aromatic rings. The van der Waals surface area contributed by atoms with E-state index in [2.05, 4.69) is 71.9 Å². The van der Waals surface area contributed by atoms with Crippen LogP contribution < -0.4 is 5.73 Å². The molecule has 2 saturated heterocycles. The van der Waals surface area contributed by atoms with Gasteiger partial charge >= 0.3 is 0 Å². The molecule has 52 heavy (non-hydrogen) atoms. The Bertz CT molecular complexity index is 1940. The SMILES string of the molecule is CN1CCC(c2cc(-c3ccnc(Br)c3)c(-c3ccc(F)cc3)[nH]2)CC1.CN1CCC(c2cc(-c3ccnc(N)c3)c(-c3ccc(F)cc3)[nH]2)CC1. The minimum absolute atomic E-state index is 0.218. The molecule has 2 fully saturated rings. The molecule has 0 aliphatic carbocycles. The summed E-state index contributed by atoms with van der Waals surface area (Å²) in [5.74, 6) is 1.09. The highest BCUT2D eigenvalue weighted by atomic mass is 79.9. The fourth-order valence-corrected chi connectivity index (χ4v) is 7.72. The Morgan fingerprint density at radius 1 is 0.596 bits per heavy atom. The van der Waals surface area contributed by atoms with Crippen molar-refractivity contribution in [3.8, 4) is 44.8 Å². The Balaban J connectivity index is 0.000000162. The summed E-state index contributed by atoms with van der Waals surface area (Å²) < 4.78 is 27.6. The zero-order chi connectivity index (χ0) is 36.2. The third-order valence-corrected chi connectivity index (χ3v) is 10.8. The Morgan fingerprint density at radius 2 is 1.02 bits per heavy atom. The Labute approximate surface area is 312 Å². The highest BCUT2D eigenvalue weighted by Crippen LogP contribution is 2.39. The second-order valence-corrected chi connectivity index (χ2v) is 14.8. The van der Waals surface area contributed by atoms with Crippen molar-refractivity contribution in [2.24, 2.45) is 0 Å². The molecule has 0 unspecified atom stereocenters. The van der Waals surface area contributed by atoms with Crippen LogP contribution >= 0.6 is 15.9 Å². The molecule has 2 aliphatic heterocycles. The number of pyridine rings is 2. The van der Waals surface area contributed by atoms with E-state index in [-0.39, 0.29) is 11.6 Å². The van der Waals surface area contributed by atoms with Crippen LogP contribution in [0.15, 0.2) is 102 Å². The summed E-state index contributed by atoms with van der Waals surface area (Å²) in [5, 5.41) is 0. The standard InChI is InChI=1S/C21H21BrFN3.C21H23FN4/c1-26-10-7-14(8-11-26)19-13-18(16-6-9-24-20(22)12-16)21(25-19)15-2-4-17(23)5-3-15;1-26-10-7-14(8-11-26)19-13-18(16-6-9-24-20(23)12-16)21(25-19)15-2-4-17(22)5-3-15/h2-6,9,12-14,25H,7-8,10-11H2,1H3;2-6,9,12-14,25H,7-8,10-11H2,1H3,(H2,23,24). The molecule has 4 N–H and O–H groups in total. The van der Waals surface area contributed by atoms with E-state index in [9.17, 15) is 8.78 Å². The number of anilines is 1. The van der Waals surface area contributed by atoms with Gasteiger partial charge in [-0.15, -0.1) is 0 Å². The second kappa shape index (κ2) is 15.9. The fourth-order valence-electron chi connectivity index (χ4n) is 7.36. The van der Waals surface area contributed by atoms with Gasteiger partial charge in [0, 0.05) is 46.7 Å². The van der Waals surface area contributed by atoms with Crippen molar-refractivity contribution in [2.75, 3.05) is 46.0 Å². The van der Waals surface area contributed by atoms with Crippen LogP contribution in [0.5, 0.6) is 0 Å². The number of benzene rings is 2. The molecule has 0 amide bonds. The normalized spacial score (nSPS) is 16.1. The van der Waals surface area contributed by atoms with Crippen molar-refractivity contribution in [2.45, 2.75) is 37.5 Å². The predicted octanol–water partition coefficient (Wildman–Crippen LogP) is 9.73. The van der Waals surface area contributed by atoms with Gasteiger partial charge in [0.25, 0.3) is 0 Å². The van der Waals surface area contributed by atoms with Gasteiger partial charge in [-0.1, -0.05) is 0 Å². The molecule has 6 heterocycles. The second-order valence-electron chi connectivity index (χ2n) is 14.0. The summed E-state index contributed by atoms with van der Waals surface area (Å²) in [5.41, 5.74) is 16.7. The third kappa shape index (κ3) is 8.36. The van der Waals surface area contributed by atoms with Crippen molar-refractivity contribution in [1.82, 2.24) is 29.7 Å². The number of hydrogen-bond acceptors (Lipinski definition) is 5. The van der Waals surface area contributed by atoms with Crippen LogP contribution in [0, 0.1) is 11.6 Å². The molecule has 10 heteroatoms. The molecule has 0 atom stereocenters. The van der Waals surface area contributed by atoms with Crippen molar-refractivity contribution in [3.05, 3.63) is 125 Å². The van der Waals surface area contributed by atoms with Crippen LogP contribution in [-0.4, -0.2) is 70.0 Å². The molecular weight excluding hydrogens is 720 g/mol. The lowest BCUT2D eigenvalue weighted by Gasteiger charge is -2.28. The molecule has 2 aromatic carbocycles. The van der Waals surface area contributed by atoms with Gasteiger partial charge in [-0.05, 0) is 189 Å². The molecule has 0 saturated carbocycles. The highest BCUT2D eigenvalue weighted by molar-refractivity contribution is 9.10. The van der Waals surface area contributed by atoms with Crippen LogP contribution in [0.1, 0.15) is 48.9 Å². The van der Waals surface area contributed by atoms with Crippen molar-refractivity contribution < 1.29 is 8.78 Å². The Hall–Kier alpha value is -4.64. The summed E-state index contributed by atoms with van der Waals surface area (Å²) in [4.78, 5) is 20.3. The Kier molecular flexibility index (Phi) is 11.0. The van der Waals surface area contributed by atoms with Gasteiger partial charge < -0.3 is 25.5 Å². The van der Waals surface area contributed by atoms with E-state index in [0.717, 1.165) is 101 Å². The molecule has 4 aromatic heterocycles. The summed E-state index contributed by atoms with van der Waals surface area (Å²) in [6.07, 6.45) is 8.10.